The minimum atomic E-state index is -3.93. The predicted octanol–water partition coefficient (Wildman–Crippen LogP) is 2.67. The first kappa shape index (κ1) is 20.7. The molecule has 152 valence electrons. The van der Waals surface area contributed by atoms with Gasteiger partial charge in [0, 0.05) is 5.69 Å². The van der Waals surface area contributed by atoms with Crippen LogP contribution >= 0.6 is 11.8 Å². The number of aromatic nitrogens is 2. The molecule has 0 saturated heterocycles. The number of nitrogens with zero attached hydrogens (tertiary/aromatic N) is 2. The van der Waals surface area contributed by atoms with Gasteiger partial charge in [0.05, 0.1) is 12.0 Å². The molecule has 10 heteroatoms. The minimum Gasteiger partial charge on any atom is -0.497 e. The number of amides is 1. The standard InChI is InChI=1S/C19H20N4O4S2/c1-27-14-8-10-15(11-9-14)29(25,26)17-18(20)23(22-19(17)28-2)12-16(24)21-13-6-4-3-5-7-13/h3-11H,12,20H2,1-2H3,(H,21,24). The van der Waals surface area contributed by atoms with E-state index >= 15 is 0 Å². The van der Waals surface area contributed by atoms with Gasteiger partial charge < -0.3 is 15.8 Å². The highest BCUT2D eigenvalue weighted by molar-refractivity contribution is 7.99. The van der Waals surface area contributed by atoms with E-state index in [1.165, 1.54) is 23.9 Å². The molecule has 0 aliphatic carbocycles. The molecule has 1 aromatic heterocycles. The highest BCUT2D eigenvalue weighted by Gasteiger charge is 2.29. The number of carbonyl (C=O) groups excluding carboxylic acids is 1. The van der Waals surface area contributed by atoms with Gasteiger partial charge in [-0.2, -0.15) is 5.10 Å². The smallest absolute Gasteiger partial charge is 0.246 e. The highest BCUT2D eigenvalue weighted by atomic mass is 32.2. The van der Waals surface area contributed by atoms with E-state index in [0.717, 1.165) is 11.8 Å². The molecule has 0 spiro atoms. The Hall–Kier alpha value is -2.98. The number of para-hydroxylation sites is 1. The number of hydrogen-bond acceptors (Lipinski definition) is 7. The molecule has 8 nitrogen and oxygen atoms in total. The maximum absolute atomic E-state index is 13.1. The number of sulfone groups is 1. The second kappa shape index (κ2) is 8.58. The molecule has 29 heavy (non-hydrogen) atoms. The summed E-state index contributed by atoms with van der Waals surface area (Å²) in [5, 5.41) is 7.17. The van der Waals surface area contributed by atoms with Crippen LogP contribution in [0.25, 0.3) is 0 Å². The third kappa shape index (κ3) is 4.38. The van der Waals surface area contributed by atoms with Gasteiger partial charge in [-0.25, -0.2) is 13.1 Å². The van der Waals surface area contributed by atoms with E-state index in [0.29, 0.717) is 11.4 Å². The first-order valence-electron chi connectivity index (χ1n) is 8.51. The number of nitrogens with one attached hydrogen (secondary N) is 1. The number of carbonyl (C=O) groups is 1. The van der Waals surface area contributed by atoms with Crippen molar-refractivity contribution in [2.24, 2.45) is 0 Å². The van der Waals surface area contributed by atoms with Gasteiger partial charge in [0.2, 0.25) is 15.7 Å². The van der Waals surface area contributed by atoms with Crippen molar-refractivity contribution in [3.8, 4) is 5.75 Å². The van der Waals surface area contributed by atoms with Gasteiger partial charge in [0.1, 0.15) is 28.0 Å². The van der Waals surface area contributed by atoms with Crippen molar-refractivity contribution in [3.05, 3.63) is 54.6 Å². The number of thioether (sulfide) groups is 1. The van der Waals surface area contributed by atoms with Gasteiger partial charge in [0.15, 0.2) is 0 Å². The number of nitrogen functional groups attached to an aromatic ring is 1. The van der Waals surface area contributed by atoms with Gasteiger partial charge in [-0.05, 0) is 42.7 Å². The fourth-order valence-corrected chi connectivity index (χ4v) is 5.10. The normalized spacial score (nSPS) is 11.2. The minimum absolute atomic E-state index is 0.0635. The van der Waals surface area contributed by atoms with Gasteiger partial charge in [-0.3, -0.25) is 4.79 Å². The van der Waals surface area contributed by atoms with Crippen LogP contribution in [0, 0.1) is 0 Å². The Morgan fingerprint density at radius 3 is 2.41 bits per heavy atom. The summed E-state index contributed by atoms with van der Waals surface area (Å²) >= 11 is 1.14. The maximum Gasteiger partial charge on any atom is 0.246 e. The van der Waals surface area contributed by atoms with Crippen molar-refractivity contribution in [1.29, 1.82) is 0 Å². The number of ether oxygens (including phenoxy) is 1. The molecule has 2 aromatic carbocycles. The lowest BCUT2D eigenvalue weighted by molar-refractivity contribution is -0.116. The molecule has 0 fully saturated rings. The van der Waals surface area contributed by atoms with Crippen LogP contribution in [0.5, 0.6) is 5.75 Å². The fourth-order valence-electron chi connectivity index (χ4n) is 2.67. The molecule has 3 rings (SSSR count). The van der Waals surface area contributed by atoms with Crippen molar-refractivity contribution >= 4 is 39.0 Å². The van der Waals surface area contributed by atoms with E-state index in [4.69, 9.17) is 10.5 Å². The summed E-state index contributed by atoms with van der Waals surface area (Å²) in [6, 6.07) is 14.9. The summed E-state index contributed by atoms with van der Waals surface area (Å²) in [7, 11) is -2.43. The molecule has 0 aliphatic heterocycles. The Morgan fingerprint density at radius 1 is 1.17 bits per heavy atom. The predicted molar refractivity (Wildman–Crippen MR) is 112 cm³/mol. The Balaban J connectivity index is 1.92. The molecule has 0 radical (unpaired) electrons. The topological polar surface area (TPSA) is 116 Å². The monoisotopic (exact) mass is 432 g/mol. The van der Waals surface area contributed by atoms with Crippen LogP contribution in [-0.4, -0.2) is 37.5 Å². The van der Waals surface area contributed by atoms with Gasteiger partial charge in [-0.1, -0.05) is 18.2 Å². The molecular weight excluding hydrogens is 412 g/mol. The van der Waals surface area contributed by atoms with Crippen LogP contribution < -0.4 is 15.8 Å². The molecule has 1 heterocycles. The molecule has 3 aromatic rings. The van der Waals surface area contributed by atoms with Gasteiger partial charge in [-0.15, -0.1) is 11.8 Å². The van der Waals surface area contributed by atoms with Crippen molar-refractivity contribution in [2.75, 3.05) is 24.4 Å². The summed E-state index contributed by atoms with van der Waals surface area (Å²) < 4.78 is 32.5. The second-order valence-corrected chi connectivity index (χ2v) is 8.66. The number of benzene rings is 2. The van der Waals surface area contributed by atoms with Crippen LogP contribution in [0.3, 0.4) is 0 Å². The van der Waals surface area contributed by atoms with E-state index in [1.807, 2.05) is 6.07 Å². The zero-order chi connectivity index (χ0) is 21.0. The van der Waals surface area contributed by atoms with E-state index in [-0.39, 0.29) is 33.1 Å². The Morgan fingerprint density at radius 2 is 1.83 bits per heavy atom. The van der Waals surface area contributed by atoms with Crippen LogP contribution in [0.1, 0.15) is 0 Å². The SMILES string of the molecule is COc1ccc(S(=O)(=O)c2c(SC)nn(CC(=O)Nc3ccccc3)c2N)cc1. The average molecular weight is 433 g/mol. The lowest BCUT2D eigenvalue weighted by atomic mass is 10.3. The summed E-state index contributed by atoms with van der Waals surface area (Å²) in [4.78, 5) is 12.3. The molecule has 3 N–H and O–H groups in total. The van der Waals surface area contributed by atoms with Crippen LogP contribution in [0.4, 0.5) is 11.5 Å². The van der Waals surface area contributed by atoms with Gasteiger partial charge >= 0.3 is 0 Å². The Labute approximate surface area is 173 Å². The van der Waals surface area contributed by atoms with E-state index < -0.39 is 9.84 Å². The Bertz CT molecular complexity index is 1110. The maximum atomic E-state index is 13.1. The lowest BCUT2D eigenvalue weighted by Gasteiger charge is -2.08. The van der Waals surface area contributed by atoms with E-state index in [1.54, 1.807) is 42.7 Å². The van der Waals surface area contributed by atoms with Crippen LogP contribution in [0.15, 0.2) is 69.4 Å². The largest absolute Gasteiger partial charge is 0.497 e. The molecule has 0 saturated carbocycles. The summed E-state index contributed by atoms with van der Waals surface area (Å²) in [6.07, 6.45) is 1.70. The Kier molecular flexibility index (Phi) is 6.14. The molecule has 0 atom stereocenters. The number of rotatable bonds is 7. The van der Waals surface area contributed by atoms with Crippen molar-refractivity contribution in [1.82, 2.24) is 9.78 Å². The zero-order valence-corrected chi connectivity index (χ0v) is 17.5. The molecule has 1 amide bonds. The number of hydrogen-bond donors (Lipinski definition) is 2. The summed E-state index contributed by atoms with van der Waals surface area (Å²) in [6.45, 7) is -0.216. The summed E-state index contributed by atoms with van der Waals surface area (Å²) in [5.74, 6) is 0.0788. The van der Waals surface area contributed by atoms with Crippen molar-refractivity contribution in [3.63, 3.8) is 0 Å². The second-order valence-electron chi connectivity index (χ2n) is 5.97. The van der Waals surface area contributed by atoms with Gasteiger partial charge in [0.25, 0.3) is 0 Å². The molecule has 0 aliphatic rings. The summed E-state index contributed by atoms with van der Waals surface area (Å²) in [5.41, 5.74) is 6.73. The van der Waals surface area contributed by atoms with Crippen molar-refractivity contribution < 1.29 is 17.9 Å². The fraction of sp³-hybridized carbons (Fsp3) is 0.158. The highest BCUT2D eigenvalue weighted by Crippen LogP contribution is 2.34. The lowest BCUT2D eigenvalue weighted by Crippen LogP contribution is -2.21. The molecule has 0 unspecified atom stereocenters. The first-order chi connectivity index (χ1) is 13.9. The number of anilines is 2. The number of nitrogens with two attached hydrogens (primary N) is 1. The first-order valence-corrected chi connectivity index (χ1v) is 11.2. The molecular formula is C19H20N4O4S2. The van der Waals surface area contributed by atoms with Crippen LogP contribution in [-0.2, 0) is 21.2 Å². The average Bonchev–Trinajstić information content (AvgIpc) is 3.04. The van der Waals surface area contributed by atoms with E-state index in [9.17, 15) is 13.2 Å². The molecule has 0 bridgehead atoms. The third-order valence-corrected chi connectivity index (χ3v) is 6.73. The quantitative estimate of drug-likeness (QED) is 0.551. The third-order valence-electron chi connectivity index (χ3n) is 4.10. The zero-order valence-electron chi connectivity index (χ0n) is 15.8. The van der Waals surface area contributed by atoms with E-state index in [2.05, 4.69) is 10.4 Å². The van der Waals surface area contributed by atoms with Crippen molar-refractivity contribution in [2.45, 2.75) is 21.4 Å². The van der Waals surface area contributed by atoms with Crippen LogP contribution in [0.2, 0.25) is 0 Å². The number of methoxy groups -OCH3 is 1.